The number of rotatable bonds is 3. The Bertz CT molecular complexity index is 504. The molecule has 1 aromatic carbocycles. The predicted octanol–water partition coefficient (Wildman–Crippen LogP) is 2.83. The maximum atomic E-state index is 12.7. The minimum atomic E-state index is 0.0710. The van der Waals surface area contributed by atoms with Crippen molar-refractivity contribution in [1.82, 2.24) is 5.32 Å². The number of carbonyl (C=O) groups is 1. The van der Waals surface area contributed by atoms with Gasteiger partial charge in [-0.05, 0) is 43.7 Å². The van der Waals surface area contributed by atoms with Gasteiger partial charge in [-0.25, -0.2) is 0 Å². The summed E-state index contributed by atoms with van der Waals surface area (Å²) in [6.45, 7) is 5.47. The average Bonchev–Trinajstić information content (AvgIpc) is 2.58. The summed E-state index contributed by atoms with van der Waals surface area (Å²) in [5.41, 5.74) is 1.83. The number of hydrogen-bond acceptors (Lipinski definition) is 3. The van der Waals surface area contributed by atoms with Gasteiger partial charge >= 0.3 is 0 Å². The monoisotopic (exact) mass is 302 g/mol. The molecule has 0 atom stereocenters. The summed E-state index contributed by atoms with van der Waals surface area (Å²) in [4.78, 5) is 14.9. The smallest absolute Gasteiger partial charge is 0.253 e. The molecule has 0 unspecified atom stereocenters. The van der Waals surface area contributed by atoms with Crippen molar-refractivity contribution in [2.24, 2.45) is 5.92 Å². The van der Waals surface area contributed by atoms with Gasteiger partial charge in [0.05, 0.1) is 18.8 Å². The quantitative estimate of drug-likeness (QED) is 0.933. The van der Waals surface area contributed by atoms with E-state index in [9.17, 15) is 4.79 Å². The Morgan fingerprint density at radius 2 is 1.82 bits per heavy atom. The molecule has 1 N–H and O–H groups in total. The van der Waals surface area contributed by atoms with Crippen molar-refractivity contribution in [3.8, 4) is 0 Å². The van der Waals surface area contributed by atoms with Gasteiger partial charge in [0.1, 0.15) is 0 Å². The summed E-state index contributed by atoms with van der Waals surface area (Å²) in [6, 6.07) is 8.27. The van der Waals surface area contributed by atoms with Gasteiger partial charge < -0.3 is 15.0 Å². The highest BCUT2D eigenvalue weighted by atomic mass is 16.5. The van der Waals surface area contributed by atoms with Gasteiger partial charge in [0.25, 0.3) is 5.91 Å². The minimum Gasteiger partial charge on any atom is -0.378 e. The van der Waals surface area contributed by atoms with Crippen LogP contribution in [0.15, 0.2) is 24.3 Å². The molecular formula is C18H26N2O2. The molecule has 4 nitrogen and oxygen atoms in total. The van der Waals surface area contributed by atoms with Crippen LogP contribution >= 0.6 is 0 Å². The molecule has 0 bridgehead atoms. The molecule has 1 aliphatic heterocycles. The van der Waals surface area contributed by atoms with Crippen molar-refractivity contribution in [3.63, 3.8) is 0 Å². The van der Waals surface area contributed by atoms with E-state index in [1.165, 1.54) is 12.8 Å². The van der Waals surface area contributed by atoms with Crippen LogP contribution in [0.1, 0.15) is 43.0 Å². The molecule has 3 rings (SSSR count). The van der Waals surface area contributed by atoms with Gasteiger partial charge in [0.2, 0.25) is 0 Å². The van der Waals surface area contributed by atoms with Crippen LogP contribution in [0.2, 0.25) is 0 Å². The normalized spacial score (nSPS) is 25.8. The Labute approximate surface area is 132 Å². The van der Waals surface area contributed by atoms with Crippen LogP contribution in [0.3, 0.4) is 0 Å². The average molecular weight is 302 g/mol. The standard InChI is InChI=1S/C18H26N2O2/c1-14-6-8-15(9-7-14)19-18(21)16-4-2-3-5-17(16)20-10-12-22-13-11-20/h2-5,14-15H,6-13H2,1H3,(H,19,21). The number of carbonyl (C=O) groups excluding carboxylic acids is 1. The summed E-state index contributed by atoms with van der Waals surface area (Å²) in [5, 5.41) is 3.24. The van der Waals surface area contributed by atoms with E-state index in [1.807, 2.05) is 24.3 Å². The van der Waals surface area contributed by atoms with E-state index >= 15 is 0 Å². The summed E-state index contributed by atoms with van der Waals surface area (Å²) in [6.07, 6.45) is 4.64. The van der Waals surface area contributed by atoms with Crippen molar-refractivity contribution >= 4 is 11.6 Å². The molecule has 2 aliphatic rings. The molecule has 0 radical (unpaired) electrons. The van der Waals surface area contributed by atoms with Crippen LogP contribution in [0.4, 0.5) is 5.69 Å². The molecule has 120 valence electrons. The molecule has 2 fully saturated rings. The van der Waals surface area contributed by atoms with E-state index in [2.05, 4.69) is 17.1 Å². The third kappa shape index (κ3) is 3.61. The lowest BCUT2D eigenvalue weighted by atomic mass is 9.87. The van der Waals surface area contributed by atoms with Crippen LogP contribution < -0.4 is 10.2 Å². The van der Waals surface area contributed by atoms with Crippen LogP contribution in [0, 0.1) is 5.92 Å². The highest BCUT2D eigenvalue weighted by Gasteiger charge is 2.23. The molecule has 1 aliphatic carbocycles. The SMILES string of the molecule is CC1CCC(NC(=O)c2ccccc2N2CCOCC2)CC1. The Morgan fingerprint density at radius 1 is 1.14 bits per heavy atom. The zero-order valence-electron chi connectivity index (χ0n) is 13.4. The van der Waals surface area contributed by atoms with E-state index in [4.69, 9.17) is 4.74 Å². The van der Waals surface area contributed by atoms with E-state index in [-0.39, 0.29) is 5.91 Å². The Hall–Kier alpha value is -1.55. The van der Waals surface area contributed by atoms with Gasteiger partial charge in [-0.3, -0.25) is 4.79 Å². The summed E-state index contributed by atoms with van der Waals surface area (Å²) in [7, 11) is 0. The van der Waals surface area contributed by atoms with Crippen molar-refractivity contribution in [1.29, 1.82) is 0 Å². The summed E-state index contributed by atoms with van der Waals surface area (Å²) in [5.74, 6) is 0.871. The second-order valence-corrected chi connectivity index (χ2v) is 6.55. The maximum Gasteiger partial charge on any atom is 0.253 e. The highest BCUT2D eigenvalue weighted by Crippen LogP contribution is 2.25. The number of hydrogen-bond donors (Lipinski definition) is 1. The second-order valence-electron chi connectivity index (χ2n) is 6.55. The van der Waals surface area contributed by atoms with E-state index in [0.29, 0.717) is 6.04 Å². The largest absolute Gasteiger partial charge is 0.378 e. The molecule has 1 amide bonds. The van der Waals surface area contributed by atoms with Gasteiger partial charge in [-0.1, -0.05) is 19.1 Å². The van der Waals surface area contributed by atoms with Gasteiger partial charge in [0.15, 0.2) is 0 Å². The number of nitrogens with zero attached hydrogens (tertiary/aromatic N) is 1. The van der Waals surface area contributed by atoms with Crippen LogP contribution in [0.25, 0.3) is 0 Å². The molecule has 4 heteroatoms. The van der Waals surface area contributed by atoms with E-state index < -0.39 is 0 Å². The van der Waals surface area contributed by atoms with Gasteiger partial charge in [-0.15, -0.1) is 0 Å². The fourth-order valence-electron chi connectivity index (χ4n) is 3.41. The molecule has 1 saturated heterocycles. The lowest BCUT2D eigenvalue weighted by molar-refractivity contribution is 0.0921. The van der Waals surface area contributed by atoms with E-state index in [0.717, 1.165) is 56.3 Å². The third-order valence-electron chi connectivity index (χ3n) is 4.85. The first-order chi connectivity index (χ1) is 10.7. The zero-order valence-corrected chi connectivity index (χ0v) is 13.4. The molecule has 0 spiro atoms. The fourth-order valence-corrected chi connectivity index (χ4v) is 3.41. The van der Waals surface area contributed by atoms with Gasteiger partial charge in [-0.2, -0.15) is 0 Å². The van der Waals surface area contributed by atoms with E-state index in [1.54, 1.807) is 0 Å². The minimum absolute atomic E-state index is 0.0710. The second kappa shape index (κ2) is 7.14. The summed E-state index contributed by atoms with van der Waals surface area (Å²) < 4.78 is 5.41. The molecular weight excluding hydrogens is 276 g/mol. The van der Waals surface area contributed by atoms with Crippen molar-refractivity contribution in [3.05, 3.63) is 29.8 Å². The lowest BCUT2D eigenvalue weighted by Gasteiger charge is -2.31. The summed E-state index contributed by atoms with van der Waals surface area (Å²) >= 11 is 0. The number of amides is 1. The third-order valence-corrected chi connectivity index (χ3v) is 4.85. The van der Waals surface area contributed by atoms with Crippen molar-refractivity contribution in [2.75, 3.05) is 31.2 Å². The molecule has 1 aromatic rings. The number of ether oxygens (including phenoxy) is 1. The number of nitrogens with one attached hydrogen (secondary N) is 1. The molecule has 0 aromatic heterocycles. The Kier molecular flexibility index (Phi) is 4.98. The topological polar surface area (TPSA) is 41.6 Å². The Balaban J connectivity index is 1.69. The highest BCUT2D eigenvalue weighted by molar-refractivity contribution is 6.00. The number of anilines is 1. The molecule has 1 heterocycles. The first-order valence-electron chi connectivity index (χ1n) is 8.46. The Morgan fingerprint density at radius 3 is 2.55 bits per heavy atom. The number of benzene rings is 1. The first kappa shape index (κ1) is 15.3. The van der Waals surface area contributed by atoms with Crippen LogP contribution in [-0.4, -0.2) is 38.3 Å². The van der Waals surface area contributed by atoms with Crippen LogP contribution in [-0.2, 0) is 4.74 Å². The zero-order chi connectivity index (χ0) is 15.4. The van der Waals surface area contributed by atoms with Gasteiger partial charge in [0, 0.05) is 24.8 Å². The molecule has 1 saturated carbocycles. The predicted molar refractivity (Wildman–Crippen MR) is 88.4 cm³/mol. The lowest BCUT2D eigenvalue weighted by Crippen LogP contribution is -2.40. The maximum absolute atomic E-state index is 12.7. The number of para-hydroxylation sites is 1. The van der Waals surface area contributed by atoms with Crippen LogP contribution in [0.5, 0.6) is 0 Å². The van der Waals surface area contributed by atoms with Crippen molar-refractivity contribution in [2.45, 2.75) is 38.6 Å². The number of morpholine rings is 1. The molecule has 22 heavy (non-hydrogen) atoms. The van der Waals surface area contributed by atoms with Crippen molar-refractivity contribution < 1.29 is 9.53 Å². The first-order valence-corrected chi connectivity index (χ1v) is 8.46. The fraction of sp³-hybridized carbons (Fsp3) is 0.611.